The molecule has 140 valence electrons. The Morgan fingerprint density at radius 1 is 1.46 bits per heavy atom. The monoisotopic (exact) mass is 356 g/mol. The van der Waals surface area contributed by atoms with Crippen molar-refractivity contribution in [3.05, 3.63) is 37.1 Å². The molecule has 7 heteroatoms. The number of aromatic nitrogens is 3. The summed E-state index contributed by atoms with van der Waals surface area (Å²) < 4.78 is 2.07. The Bertz CT molecular complexity index is 727. The Labute approximate surface area is 154 Å². The van der Waals surface area contributed by atoms with Crippen LogP contribution in [0, 0.1) is 0 Å². The number of nitrogens with one attached hydrogen (secondary N) is 1. The molecule has 1 fully saturated rings. The number of aryl methyl sites for hydroxylation is 1. The molecule has 1 aliphatic rings. The van der Waals surface area contributed by atoms with Gasteiger partial charge in [-0.25, -0.2) is 4.98 Å². The summed E-state index contributed by atoms with van der Waals surface area (Å²) in [6.45, 7) is 6.15. The summed E-state index contributed by atoms with van der Waals surface area (Å²) in [6, 6.07) is 3.91. The van der Waals surface area contributed by atoms with Gasteiger partial charge in [-0.3, -0.25) is 9.78 Å². The minimum Gasteiger partial charge on any atom is -0.337 e. The van der Waals surface area contributed by atoms with Gasteiger partial charge in [-0.05, 0) is 45.2 Å². The van der Waals surface area contributed by atoms with Crippen molar-refractivity contribution in [1.82, 2.24) is 24.8 Å². The first-order valence-electron chi connectivity index (χ1n) is 9.17. The summed E-state index contributed by atoms with van der Waals surface area (Å²) in [4.78, 5) is 22.7. The lowest BCUT2D eigenvalue weighted by Gasteiger charge is -2.28. The first-order chi connectivity index (χ1) is 12.4. The zero-order valence-corrected chi connectivity index (χ0v) is 15.6. The Kier molecular flexibility index (Phi) is 5.68. The fourth-order valence-electron chi connectivity index (χ4n) is 3.16. The second kappa shape index (κ2) is 7.97. The third-order valence-electron chi connectivity index (χ3n) is 4.92. The lowest BCUT2D eigenvalue weighted by Crippen LogP contribution is -2.49. The van der Waals surface area contributed by atoms with Crippen LogP contribution in [0.1, 0.15) is 33.1 Å². The van der Waals surface area contributed by atoms with E-state index in [-0.39, 0.29) is 17.6 Å². The Hall–Kier alpha value is -2.25. The summed E-state index contributed by atoms with van der Waals surface area (Å²) in [5.74, 6) is 0.0876. The number of hydrogen-bond acceptors (Lipinski definition) is 5. The molecule has 0 unspecified atom stereocenters. The van der Waals surface area contributed by atoms with Crippen LogP contribution in [0.2, 0.25) is 0 Å². The van der Waals surface area contributed by atoms with Crippen LogP contribution in [0.3, 0.4) is 0 Å². The molecule has 1 saturated heterocycles. The van der Waals surface area contributed by atoms with E-state index in [1.165, 1.54) is 0 Å². The van der Waals surface area contributed by atoms with E-state index in [0.29, 0.717) is 6.54 Å². The molecule has 0 radical (unpaired) electrons. The van der Waals surface area contributed by atoms with Gasteiger partial charge >= 0.3 is 0 Å². The molecule has 2 aromatic rings. The summed E-state index contributed by atoms with van der Waals surface area (Å²) in [5, 5.41) is 3.37. The van der Waals surface area contributed by atoms with Gasteiger partial charge in [-0.2, -0.15) is 0 Å². The van der Waals surface area contributed by atoms with E-state index in [4.69, 9.17) is 5.73 Å². The molecule has 1 atom stereocenters. The van der Waals surface area contributed by atoms with Gasteiger partial charge in [-0.15, -0.1) is 0 Å². The molecule has 0 saturated carbocycles. The minimum absolute atomic E-state index is 0.0876. The lowest BCUT2D eigenvalue weighted by atomic mass is 10.0. The summed E-state index contributed by atoms with van der Waals surface area (Å²) >= 11 is 0. The Morgan fingerprint density at radius 3 is 3.00 bits per heavy atom. The van der Waals surface area contributed by atoms with Crippen LogP contribution in [0.25, 0.3) is 11.3 Å². The van der Waals surface area contributed by atoms with Crippen LogP contribution < -0.4 is 11.1 Å². The van der Waals surface area contributed by atoms with Crippen molar-refractivity contribution in [2.24, 2.45) is 5.73 Å². The van der Waals surface area contributed by atoms with Crippen molar-refractivity contribution in [3.63, 3.8) is 0 Å². The average molecular weight is 356 g/mol. The van der Waals surface area contributed by atoms with Crippen LogP contribution in [0.4, 0.5) is 0 Å². The van der Waals surface area contributed by atoms with Crippen LogP contribution >= 0.6 is 0 Å². The molecule has 1 aliphatic heterocycles. The molecule has 2 aromatic heterocycles. The maximum Gasteiger partial charge on any atom is 0.237 e. The minimum atomic E-state index is -0.155. The van der Waals surface area contributed by atoms with Crippen molar-refractivity contribution < 1.29 is 4.79 Å². The largest absolute Gasteiger partial charge is 0.337 e. The van der Waals surface area contributed by atoms with E-state index in [9.17, 15) is 4.79 Å². The molecular formula is C19H28N6O. The first-order valence-corrected chi connectivity index (χ1v) is 9.17. The third-order valence-corrected chi connectivity index (χ3v) is 4.92. The molecule has 3 heterocycles. The number of carbonyl (C=O) groups excluding carboxylic acids is 1. The second-order valence-corrected chi connectivity index (χ2v) is 7.52. The van der Waals surface area contributed by atoms with Gasteiger partial charge < -0.3 is 20.5 Å². The van der Waals surface area contributed by atoms with Crippen molar-refractivity contribution >= 4 is 5.91 Å². The number of imidazole rings is 1. The van der Waals surface area contributed by atoms with Crippen LogP contribution in [-0.2, 0) is 11.3 Å². The standard InChI is InChI=1S/C19H28N6O/c1-19(2,23-12-18(26)25-9-4-6-17(25)20)7-10-24-13-16(22-14-24)15-5-3-8-21-11-15/h3,5,8,11,13-14,17,23H,4,6-7,9-10,12,20H2,1-2H3/t17-/m0/s1. The quantitative estimate of drug-likeness (QED) is 0.787. The molecule has 3 N–H and O–H groups in total. The number of nitrogens with zero attached hydrogens (tertiary/aromatic N) is 4. The number of likely N-dealkylation sites (tertiary alicyclic amines) is 1. The van der Waals surface area contributed by atoms with Gasteiger partial charge in [0, 0.05) is 42.8 Å². The number of rotatable bonds is 7. The number of amides is 1. The highest BCUT2D eigenvalue weighted by Crippen LogP contribution is 2.17. The number of hydrogen-bond donors (Lipinski definition) is 2. The van der Waals surface area contributed by atoms with Crippen LogP contribution in [0.5, 0.6) is 0 Å². The Morgan fingerprint density at radius 2 is 2.31 bits per heavy atom. The predicted molar refractivity (Wildman–Crippen MR) is 101 cm³/mol. The first kappa shape index (κ1) is 18.5. The van der Waals surface area contributed by atoms with Crippen LogP contribution in [-0.4, -0.2) is 50.1 Å². The van der Waals surface area contributed by atoms with E-state index in [1.807, 2.05) is 30.9 Å². The lowest BCUT2D eigenvalue weighted by molar-refractivity contribution is -0.131. The molecule has 0 bridgehead atoms. The summed E-state index contributed by atoms with van der Waals surface area (Å²) in [6.07, 6.45) is 10.1. The Balaban J connectivity index is 1.49. The predicted octanol–water partition coefficient (Wildman–Crippen LogP) is 1.61. The van der Waals surface area contributed by atoms with E-state index >= 15 is 0 Å². The van der Waals surface area contributed by atoms with Crippen LogP contribution in [0.15, 0.2) is 37.1 Å². The second-order valence-electron chi connectivity index (χ2n) is 7.52. The highest BCUT2D eigenvalue weighted by atomic mass is 16.2. The van der Waals surface area contributed by atoms with Gasteiger partial charge in [0.05, 0.1) is 24.7 Å². The fourth-order valence-corrected chi connectivity index (χ4v) is 3.16. The maximum absolute atomic E-state index is 12.3. The van der Waals surface area contributed by atoms with Gasteiger partial charge in [0.25, 0.3) is 0 Å². The molecule has 26 heavy (non-hydrogen) atoms. The topological polar surface area (TPSA) is 89.1 Å². The number of carbonyl (C=O) groups is 1. The maximum atomic E-state index is 12.3. The fraction of sp³-hybridized carbons (Fsp3) is 0.526. The van der Waals surface area contributed by atoms with Crippen molar-refractivity contribution in [2.75, 3.05) is 13.1 Å². The number of pyridine rings is 1. The molecule has 7 nitrogen and oxygen atoms in total. The zero-order valence-electron chi connectivity index (χ0n) is 15.6. The normalized spacial score (nSPS) is 17.7. The van der Waals surface area contributed by atoms with E-state index < -0.39 is 0 Å². The van der Waals surface area contributed by atoms with E-state index in [2.05, 4.69) is 33.7 Å². The van der Waals surface area contributed by atoms with Crippen molar-refractivity contribution in [3.8, 4) is 11.3 Å². The molecule has 0 spiro atoms. The van der Waals surface area contributed by atoms with E-state index in [0.717, 1.165) is 43.6 Å². The van der Waals surface area contributed by atoms with Gasteiger partial charge in [0.1, 0.15) is 0 Å². The number of nitrogens with two attached hydrogens (primary N) is 1. The molecular weight excluding hydrogens is 328 g/mol. The average Bonchev–Trinajstić information content (AvgIpc) is 3.28. The smallest absolute Gasteiger partial charge is 0.237 e. The molecule has 3 rings (SSSR count). The molecule has 1 amide bonds. The molecule has 0 aromatic carbocycles. The van der Waals surface area contributed by atoms with Gasteiger partial charge in [0.2, 0.25) is 5.91 Å². The van der Waals surface area contributed by atoms with Crippen molar-refractivity contribution in [1.29, 1.82) is 0 Å². The van der Waals surface area contributed by atoms with Gasteiger partial charge in [0.15, 0.2) is 0 Å². The summed E-state index contributed by atoms with van der Waals surface area (Å²) in [7, 11) is 0. The molecule has 0 aliphatic carbocycles. The zero-order chi connectivity index (χ0) is 18.6. The highest BCUT2D eigenvalue weighted by Gasteiger charge is 2.27. The third kappa shape index (κ3) is 4.68. The highest BCUT2D eigenvalue weighted by molar-refractivity contribution is 5.78. The summed E-state index contributed by atoms with van der Waals surface area (Å²) in [5.41, 5.74) is 7.74. The van der Waals surface area contributed by atoms with E-state index in [1.54, 1.807) is 11.1 Å². The van der Waals surface area contributed by atoms with Gasteiger partial charge in [-0.1, -0.05) is 0 Å². The van der Waals surface area contributed by atoms with Crippen molar-refractivity contribution in [2.45, 2.75) is 51.4 Å². The SMILES string of the molecule is CC(C)(CCn1cnc(-c2cccnc2)c1)NCC(=O)N1CCC[C@H]1N.